The van der Waals surface area contributed by atoms with Gasteiger partial charge in [0.1, 0.15) is 17.5 Å². The molecule has 0 radical (unpaired) electrons. The maximum Gasteiger partial charge on any atom is 0.159 e. The third-order valence-electron chi connectivity index (χ3n) is 6.29. The maximum absolute atomic E-state index is 14.6. The highest BCUT2D eigenvalue weighted by Crippen LogP contribution is 2.32. The summed E-state index contributed by atoms with van der Waals surface area (Å²) < 4.78 is 42.2. The van der Waals surface area contributed by atoms with Crippen molar-refractivity contribution in [2.75, 3.05) is 0 Å². The Morgan fingerprint density at radius 3 is 1.59 bits per heavy atom. The van der Waals surface area contributed by atoms with Crippen LogP contribution in [-0.4, -0.2) is 16.6 Å². The molecular weight excluding hydrogens is 523 g/mol. The van der Waals surface area contributed by atoms with Gasteiger partial charge in [0, 0.05) is 33.5 Å². The van der Waals surface area contributed by atoms with E-state index in [1.54, 1.807) is 48.5 Å². The second-order valence-electron chi connectivity index (χ2n) is 9.97. The molecule has 0 aliphatic carbocycles. The molecule has 0 atom stereocenters. The average Bonchev–Trinajstić information content (AvgIpc) is 2.94. The van der Waals surface area contributed by atoms with Gasteiger partial charge in [-0.1, -0.05) is 71.9 Å². The molecule has 4 aromatic rings. The highest BCUT2D eigenvalue weighted by Gasteiger charge is 2.18. The van der Waals surface area contributed by atoms with E-state index in [9.17, 15) is 22.8 Å². The molecular formula is C35H38F3NO2. The molecule has 0 N–H and O–H groups in total. The van der Waals surface area contributed by atoms with Gasteiger partial charge in [0.05, 0.1) is 5.69 Å². The summed E-state index contributed by atoms with van der Waals surface area (Å²) in [6.45, 7) is 14.6. The van der Waals surface area contributed by atoms with Gasteiger partial charge in [0.25, 0.3) is 0 Å². The number of halogens is 3. The number of benzene rings is 3. The summed E-state index contributed by atoms with van der Waals surface area (Å²) in [6, 6.07) is 18.8. The van der Waals surface area contributed by atoms with Gasteiger partial charge in [0.15, 0.2) is 11.6 Å². The Hall–Kier alpha value is -4.06. The van der Waals surface area contributed by atoms with Crippen LogP contribution in [0.5, 0.6) is 0 Å². The van der Waals surface area contributed by atoms with Crippen molar-refractivity contribution in [3.8, 4) is 22.4 Å². The maximum atomic E-state index is 14.6. The summed E-state index contributed by atoms with van der Waals surface area (Å²) in [4.78, 5) is 27.6. The second kappa shape index (κ2) is 15.1. The van der Waals surface area contributed by atoms with Gasteiger partial charge in [-0.25, -0.2) is 13.2 Å². The zero-order valence-corrected chi connectivity index (χ0v) is 25.0. The molecule has 0 fully saturated rings. The second-order valence-corrected chi connectivity index (χ2v) is 9.97. The van der Waals surface area contributed by atoms with Gasteiger partial charge in [-0.15, -0.1) is 0 Å². The third-order valence-corrected chi connectivity index (χ3v) is 6.29. The fourth-order valence-electron chi connectivity index (χ4n) is 4.00. The summed E-state index contributed by atoms with van der Waals surface area (Å²) in [7, 11) is 0. The monoisotopic (exact) mass is 561 g/mol. The highest BCUT2D eigenvalue weighted by atomic mass is 19.1. The van der Waals surface area contributed by atoms with E-state index in [1.165, 1.54) is 38.1 Å². The predicted molar refractivity (Wildman–Crippen MR) is 161 cm³/mol. The van der Waals surface area contributed by atoms with E-state index >= 15 is 0 Å². The quantitative estimate of drug-likeness (QED) is 0.220. The Morgan fingerprint density at radius 2 is 1.12 bits per heavy atom. The van der Waals surface area contributed by atoms with Crippen LogP contribution in [0.25, 0.3) is 22.4 Å². The normalized spacial score (nSPS) is 10.5. The largest absolute Gasteiger partial charge is 0.295 e. The molecule has 0 saturated carbocycles. The summed E-state index contributed by atoms with van der Waals surface area (Å²) in [5.74, 6) is -1.39. The van der Waals surface area contributed by atoms with Crippen LogP contribution in [0, 0.1) is 17.5 Å². The van der Waals surface area contributed by atoms with E-state index in [4.69, 9.17) is 0 Å². The van der Waals surface area contributed by atoms with Crippen LogP contribution in [0.15, 0.2) is 72.8 Å². The standard InChI is InChI=1S/C17H16F2O.C16H16FNO.C2H6/c1-10(2)14-8-12(11(3)20)9-15(17(14)19)13-6-4-5-7-16(13)18;1-10(2)15-8-12(11(3)19)9-16(18-15)13-6-4-5-7-14(13)17;1-2/h4-10H,1-3H3;4-10H,1-3H3;1-2H3. The van der Waals surface area contributed by atoms with Crippen LogP contribution in [0.4, 0.5) is 13.2 Å². The van der Waals surface area contributed by atoms with Crippen molar-refractivity contribution in [3.63, 3.8) is 0 Å². The Kier molecular flexibility index (Phi) is 12.2. The van der Waals surface area contributed by atoms with E-state index in [2.05, 4.69) is 4.98 Å². The number of hydrogen-bond donors (Lipinski definition) is 0. The first-order valence-corrected chi connectivity index (χ1v) is 13.8. The van der Waals surface area contributed by atoms with E-state index in [-0.39, 0.29) is 40.3 Å². The van der Waals surface area contributed by atoms with Crippen LogP contribution in [0.2, 0.25) is 0 Å². The molecule has 0 amide bonds. The Morgan fingerprint density at radius 1 is 0.634 bits per heavy atom. The molecule has 0 aliphatic rings. The molecule has 0 saturated heterocycles. The molecule has 4 rings (SSSR count). The Balaban J connectivity index is 0.000000271. The number of carbonyl (C=O) groups excluding carboxylic acids is 2. The van der Waals surface area contributed by atoms with Crippen LogP contribution in [0.3, 0.4) is 0 Å². The first-order valence-electron chi connectivity index (χ1n) is 13.8. The zero-order valence-electron chi connectivity index (χ0n) is 25.0. The van der Waals surface area contributed by atoms with Gasteiger partial charge in [-0.2, -0.15) is 0 Å². The number of nitrogens with zero attached hydrogens (tertiary/aromatic N) is 1. The van der Waals surface area contributed by atoms with E-state index in [0.717, 1.165) is 5.69 Å². The number of pyridine rings is 1. The lowest BCUT2D eigenvalue weighted by Crippen LogP contribution is -2.02. The predicted octanol–water partition coefficient (Wildman–Crippen LogP) is 10.2. The summed E-state index contributed by atoms with van der Waals surface area (Å²) in [5.41, 5.74) is 3.43. The minimum Gasteiger partial charge on any atom is -0.295 e. The van der Waals surface area contributed by atoms with Gasteiger partial charge >= 0.3 is 0 Å². The zero-order chi connectivity index (χ0) is 30.9. The Bertz CT molecular complexity index is 1510. The molecule has 1 heterocycles. The van der Waals surface area contributed by atoms with Crippen molar-refractivity contribution in [1.82, 2.24) is 4.98 Å². The minimum absolute atomic E-state index is 0.0399. The molecule has 1 aromatic heterocycles. The van der Waals surface area contributed by atoms with Crippen molar-refractivity contribution in [2.24, 2.45) is 0 Å². The SMILES string of the molecule is CC.CC(=O)c1cc(-c2ccccc2F)c(F)c(C(C)C)c1.CC(=O)c1cc(-c2ccccc2F)nc(C(C)C)c1. The third kappa shape index (κ3) is 8.46. The molecule has 3 aromatic carbocycles. The number of rotatable bonds is 6. The lowest BCUT2D eigenvalue weighted by Gasteiger charge is -2.14. The lowest BCUT2D eigenvalue weighted by atomic mass is 9.92. The van der Waals surface area contributed by atoms with Crippen LogP contribution in [-0.2, 0) is 0 Å². The molecule has 0 spiro atoms. The number of ketones is 2. The van der Waals surface area contributed by atoms with Gasteiger partial charge < -0.3 is 0 Å². The average molecular weight is 562 g/mol. The molecule has 0 bridgehead atoms. The van der Waals surface area contributed by atoms with Crippen molar-refractivity contribution >= 4 is 11.6 Å². The van der Waals surface area contributed by atoms with E-state index < -0.39 is 11.6 Å². The number of aromatic nitrogens is 1. The molecule has 216 valence electrons. The van der Waals surface area contributed by atoms with Crippen LogP contribution < -0.4 is 0 Å². The van der Waals surface area contributed by atoms with Crippen molar-refractivity contribution < 1.29 is 22.8 Å². The van der Waals surface area contributed by atoms with E-state index in [0.29, 0.717) is 27.9 Å². The molecule has 0 unspecified atom stereocenters. The van der Waals surface area contributed by atoms with Gasteiger partial charge in [-0.05, 0) is 73.7 Å². The smallest absolute Gasteiger partial charge is 0.159 e. The molecule has 41 heavy (non-hydrogen) atoms. The van der Waals surface area contributed by atoms with Crippen molar-refractivity contribution in [1.29, 1.82) is 0 Å². The summed E-state index contributed by atoms with van der Waals surface area (Å²) in [5, 5.41) is 0. The molecule has 0 aliphatic heterocycles. The molecule has 6 heteroatoms. The molecule has 3 nitrogen and oxygen atoms in total. The van der Waals surface area contributed by atoms with Gasteiger partial charge in [-0.3, -0.25) is 14.6 Å². The summed E-state index contributed by atoms with van der Waals surface area (Å²) >= 11 is 0. The van der Waals surface area contributed by atoms with Crippen LogP contribution in [0.1, 0.15) is 99.2 Å². The number of Topliss-reactive ketones (excluding diaryl/α,β-unsaturated/α-hetero) is 2. The summed E-state index contributed by atoms with van der Waals surface area (Å²) in [6.07, 6.45) is 0. The first kappa shape index (κ1) is 33.1. The fourth-order valence-corrected chi connectivity index (χ4v) is 4.00. The fraction of sp³-hybridized carbons (Fsp3) is 0.286. The lowest BCUT2D eigenvalue weighted by molar-refractivity contribution is 0.100. The van der Waals surface area contributed by atoms with Crippen molar-refractivity contribution in [2.45, 2.75) is 67.2 Å². The highest BCUT2D eigenvalue weighted by molar-refractivity contribution is 5.96. The number of carbonyl (C=O) groups is 2. The minimum atomic E-state index is -0.498. The Labute approximate surface area is 241 Å². The van der Waals surface area contributed by atoms with Gasteiger partial charge in [0.2, 0.25) is 0 Å². The topological polar surface area (TPSA) is 47.0 Å². The number of hydrogen-bond acceptors (Lipinski definition) is 3. The van der Waals surface area contributed by atoms with Crippen LogP contribution >= 0.6 is 0 Å². The van der Waals surface area contributed by atoms with Crippen molar-refractivity contribution in [3.05, 3.63) is 113 Å². The van der Waals surface area contributed by atoms with E-state index in [1.807, 2.05) is 41.5 Å². The first-order chi connectivity index (χ1) is 19.4.